The highest BCUT2D eigenvalue weighted by Gasteiger charge is 2.24. The zero-order valence-corrected chi connectivity index (χ0v) is 19.8. The monoisotopic (exact) mass is 490 g/mol. The van der Waals surface area contributed by atoms with Gasteiger partial charge < -0.3 is 19.6 Å². The van der Waals surface area contributed by atoms with Crippen LogP contribution in [0.3, 0.4) is 0 Å². The summed E-state index contributed by atoms with van der Waals surface area (Å²) in [4.78, 5) is 24.7. The van der Waals surface area contributed by atoms with Gasteiger partial charge in [-0.15, -0.1) is 0 Å². The molecule has 0 unspecified atom stereocenters. The quantitative estimate of drug-likeness (QED) is 0.279. The Morgan fingerprint density at radius 3 is 2.31 bits per heavy atom. The van der Waals surface area contributed by atoms with Crippen LogP contribution in [-0.4, -0.2) is 27.5 Å². The number of esters is 1. The van der Waals surface area contributed by atoms with Crippen LogP contribution in [0.25, 0.3) is 10.8 Å². The second kappa shape index (κ2) is 9.86. The van der Waals surface area contributed by atoms with Crippen molar-refractivity contribution in [1.29, 1.82) is 0 Å². The summed E-state index contributed by atoms with van der Waals surface area (Å²) >= 11 is 0. The summed E-state index contributed by atoms with van der Waals surface area (Å²) in [5.41, 5.74) is 1.59. The van der Waals surface area contributed by atoms with E-state index in [2.05, 4.69) is 10.6 Å². The highest BCUT2D eigenvalue weighted by Crippen LogP contribution is 2.30. The fraction of sp³-hybridized carbons (Fsp3) is 0.0769. The molecule has 4 rings (SSSR count). The molecule has 0 bridgehead atoms. The fourth-order valence-electron chi connectivity index (χ4n) is 3.52. The fourth-order valence-corrected chi connectivity index (χ4v) is 4.69. The molecule has 0 aromatic heterocycles. The van der Waals surface area contributed by atoms with Crippen LogP contribution < -0.4 is 14.8 Å². The number of hydrogen-bond donors (Lipinski definition) is 2. The molecule has 0 saturated heterocycles. The van der Waals surface area contributed by atoms with Crippen molar-refractivity contribution < 1.29 is 26.9 Å². The minimum absolute atomic E-state index is 0.0536. The lowest BCUT2D eigenvalue weighted by Gasteiger charge is -2.14. The first-order valence-corrected chi connectivity index (χ1v) is 12.0. The molecule has 178 valence electrons. The highest BCUT2D eigenvalue weighted by atomic mass is 32.2. The molecule has 2 amide bonds. The first kappa shape index (κ1) is 23.8. The number of amides is 2. The average molecular weight is 491 g/mol. The van der Waals surface area contributed by atoms with E-state index in [1.807, 2.05) is 19.1 Å². The molecule has 0 aliphatic carbocycles. The predicted octanol–water partition coefficient (Wildman–Crippen LogP) is 5.35. The molecule has 8 nitrogen and oxygen atoms in total. The lowest BCUT2D eigenvalue weighted by atomic mass is 10.1. The maximum atomic E-state index is 13.2. The van der Waals surface area contributed by atoms with E-state index in [-0.39, 0.29) is 21.9 Å². The Labute approximate surface area is 202 Å². The van der Waals surface area contributed by atoms with E-state index >= 15 is 0 Å². The molecule has 4 aromatic rings. The largest absolute Gasteiger partial charge is 0.465 e. The van der Waals surface area contributed by atoms with Gasteiger partial charge in [-0.1, -0.05) is 54.6 Å². The van der Waals surface area contributed by atoms with Crippen molar-refractivity contribution in [3.8, 4) is 5.75 Å². The second-order valence-corrected chi connectivity index (χ2v) is 9.13. The number of ether oxygens (including phenoxy) is 1. The minimum Gasteiger partial charge on any atom is -0.465 e. The third-order valence-corrected chi connectivity index (χ3v) is 6.55. The van der Waals surface area contributed by atoms with Gasteiger partial charge in [-0.3, -0.25) is 0 Å². The van der Waals surface area contributed by atoms with E-state index in [0.717, 1.165) is 5.56 Å². The molecular formula is C26H22N2O6S. The number of carbonyl (C=O) groups excluding carboxylic acids is 2. The van der Waals surface area contributed by atoms with E-state index < -0.39 is 22.1 Å². The van der Waals surface area contributed by atoms with Crippen molar-refractivity contribution in [1.82, 2.24) is 0 Å². The van der Waals surface area contributed by atoms with Gasteiger partial charge in [-0.05, 0) is 42.1 Å². The summed E-state index contributed by atoms with van der Waals surface area (Å²) < 4.78 is 36.6. The minimum atomic E-state index is -4.34. The Bertz CT molecular complexity index is 1530. The maximum Gasteiger partial charge on any atom is 0.341 e. The van der Waals surface area contributed by atoms with E-state index in [1.165, 1.54) is 31.4 Å². The molecule has 0 atom stereocenters. The second-order valence-electron chi connectivity index (χ2n) is 7.61. The summed E-state index contributed by atoms with van der Waals surface area (Å²) in [5, 5.41) is 6.53. The number of para-hydroxylation sites is 1. The number of urea groups is 1. The summed E-state index contributed by atoms with van der Waals surface area (Å²) in [7, 11) is -3.17. The Hall–Kier alpha value is -4.37. The number of methoxy groups -OCH3 is 1. The zero-order valence-electron chi connectivity index (χ0n) is 18.9. The molecule has 35 heavy (non-hydrogen) atoms. The number of aryl methyl sites for hydroxylation is 1. The van der Waals surface area contributed by atoms with Crippen LogP contribution in [0, 0.1) is 6.92 Å². The molecular weight excluding hydrogens is 468 g/mol. The molecule has 0 spiro atoms. The van der Waals surface area contributed by atoms with Crippen LogP contribution in [0.4, 0.5) is 16.2 Å². The molecule has 4 aromatic carbocycles. The number of fused-ring (bicyclic) bond motifs is 1. The zero-order chi connectivity index (χ0) is 25.0. The first-order valence-electron chi connectivity index (χ1n) is 10.6. The van der Waals surface area contributed by atoms with Crippen molar-refractivity contribution >= 4 is 44.3 Å². The molecule has 0 radical (unpaired) electrons. The number of carbonyl (C=O) groups is 2. The molecule has 0 heterocycles. The van der Waals surface area contributed by atoms with E-state index in [9.17, 15) is 18.0 Å². The van der Waals surface area contributed by atoms with E-state index in [1.54, 1.807) is 48.5 Å². The molecule has 0 aliphatic rings. The van der Waals surface area contributed by atoms with Gasteiger partial charge >= 0.3 is 22.1 Å². The normalized spacial score (nSPS) is 11.0. The standard InChI is InChI=1S/C26H22N2O6S/c1-17-8-3-6-12-22(17)28-26(30)27-19-14-15-21(25(29)33-2)23(16-19)34-35(31,32)24-13-7-10-18-9-4-5-11-20(18)24/h3-16H,1-2H3,(H2,27,28,30). The van der Waals surface area contributed by atoms with Crippen molar-refractivity contribution in [3.63, 3.8) is 0 Å². The summed E-state index contributed by atoms with van der Waals surface area (Å²) in [5.74, 6) is -1.07. The Kier molecular flexibility index (Phi) is 6.70. The Morgan fingerprint density at radius 1 is 0.829 bits per heavy atom. The van der Waals surface area contributed by atoms with Gasteiger partial charge in [0.2, 0.25) is 0 Å². The van der Waals surface area contributed by atoms with Crippen molar-refractivity contribution in [2.24, 2.45) is 0 Å². The maximum absolute atomic E-state index is 13.2. The van der Waals surface area contributed by atoms with Crippen LogP contribution in [0.2, 0.25) is 0 Å². The number of hydrogen-bond acceptors (Lipinski definition) is 6. The van der Waals surface area contributed by atoms with Gasteiger partial charge in [0.05, 0.1) is 7.11 Å². The summed E-state index contributed by atoms with van der Waals surface area (Å²) in [6.45, 7) is 1.85. The third-order valence-electron chi connectivity index (χ3n) is 5.26. The molecule has 2 N–H and O–H groups in total. The van der Waals surface area contributed by atoms with Crippen LogP contribution >= 0.6 is 0 Å². The predicted molar refractivity (Wildman–Crippen MR) is 133 cm³/mol. The van der Waals surface area contributed by atoms with Crippen LogP contribution in [0.15, 0.2) is 89.8 Å². The summed E-state index contributed by atoms with van der Waals surface area (Å²) in [6.07, 6.45) is 0. The van der Waals surface area contributed by atoms with Gasteiger partial charge in [0, 0.05) is 22.8 Å². The number of nitrogens with one attached hydrogen (secondary N) is 2. The van der Waals surface area contributed by atoms with Crippen LogP contribution in [0.5, 0.6) is 5.75 Å². The van der Waals surface area contributed by atoms with Crippen molar-refractivity contribution in [3.05, 3.63) is 96.1 Å². The molecule has 0 fully saturated rings. The van der Waals surface area contributed by atoms with Gasteiger partial charge in [0.1, 0.15) is 10.5 Å². The lowest BCUT2D eigenvalue weighted by molar-refractivity contribution is 0.0599. The molecule has 0 saturated carbocycles. The van der Waals surface area contributed by atoms with Gasteiger partial charge in [0.15, 0.2) is 5.75 Å². The topological polar surface area (TPSA) is 111 Å². The van der Waals surface area contributed by atoms with Crippen molar-refractivity contribution in [2.75, 3.05) is 17.7 Å². The van der Waals surface area contributed by atoms with E-state index in [4.69, 9.17) is 8.92 Å². The number of rotatable bonds is 6. The van der Waals surface area contributed by atoms with Gasteiger partial charge in [-0.25, -0.2) is 9.59 Å². The van der Waals surface area contributed by atoms with E-state index in [0.29, 0.717) is 16.5 Å². The number of benzene rings is 4. The molecule has 9 heteroatoms. The van der Waals surface area contributed by atoms with Crippen molar-refractivity contribution in [2.45, 2.75) is 11.8 Å². The third kappa shape index (κ3) is 5.25. The summed E-state index contributed by atoms with van der Waals surface area (Å²) in [6, 6.07) is 22.5. The van der Waals surface area contributed by atoms with Gasteiger partial charge in [-0.2, -0.15) is 8.42 Å². The highest BCUT2D eigenvalue weighted by molar-refractivity contribution is 7.87. The SMILES string of the molecule is COC(=O)c1ccc(NC(=O)Nc2ccccc2C)cc1OS(=O)(=O)c1cccc2ccccc12. The molecule has 0 aliphatic heterocycles. The lowest BCUT2D eigenvalue weighted by Crippen LogP contribution is -2.20. The van der Waals surface area contributed by atoms with Crippen LogP contribution in [0.1, 0.15) is 15.9 Å². The first-order chi connectivity index (χ1) is 16.8. The average Bonchev–Trinajstić information content (AvgIpc) is 2.84. The Balaban J connectivity index is 1.66. The number of anilines is 2. The van der Waals surface area contributed by atoms with Crippen LogP contribution in [-0.2, 0) is 14.9 Å². The Morgan fingerprint density at radius 2 is 1.54 bits per heavy atom. The van der Waals surface area contributed by atoms with Gasteiger partial charge in [0.25, 0.3) is 0 Å². The smallest absolute Gasteiger partial charge is 0.341 e.